The van der Waals surface area contributed by atoms with Crippen LogP contribution in [0.2, 0.25) is 0 Å². The zero-order chi connectivity index (χ0) is 41.3. The van der Waals surface area contributed by atoms with E-state index in [1.54, 1.807) is 0 Å². The van der Waals surface area contributed by atoms with Gasteiger partial charge in [-0.1, -0.05) is 64.8 Å². The van der Waals surface area contributed by atoms with Crippen molar-refractivity contribution < 1.29 is 64.2 Å². The molecule has 2 saturated heterocycles. The van der Waals surface area contributed by atoms with Crippen LogP contribution in [0, 0.1) is 45.3 Å². The molecular weight excluding hydrogens is 724 g/mol. The zero-order valence-corrected chi connectivity index (χ0v) is 34.8. The first-order valence-electron chi connectivity index (χ1n) is 20.9. The standard InChI is InChI=1S/C43H70O13/c1-21(2)11-10-12-22(3)31-28(54-39-36(51)34(49)33(48)29(55-39)20-52-23(4)44)18-43(9)37-26(45)17-25-24(41(37,7)15-16-42(31,43)8)13-14-30(40(25,5)6)56-38-35(50)32(47)27(46)19-53-38/h11,17,22,24,26-39,45-51H,10,12-16,18-20H2,1-9H3/t22?,24-,26-,27+,28+,29-,30+,31+,32-,33+,34-,35?,36-,37-,38-,39+,41+,42-,43+/m0/s1. The first-order chi connectivity index (χ1) is 26.1. The van der Waals surface area contributed by atoms with Crippen LogP contribution in [0.5, 0.6) is 0 Å². The molecule has 13 nitrogen and oxygen atoms in total. The molecule has 2 unspecified atom stereocenters. The van der Waals surface area contributed by atoms with Crippen LogP contribution in [0.15, 0.2) is 23.3 Å². The van der Waals surface area contributed by atoms with Gasteiger partial charge in [-0.2, -0.15) is 0 Å². The van der Waals surface area contributed by atoms with Crippen LogP contribution in [-0.4, -0.2) is 129 Å². The molecule has 0 amide bonds. The van der Waals surface area contributed by atoms with Crippen molar-refractivity contribution in [2.24, 2.45) is 45.3 Å². The number of esters is 1. The van der Waals surface area contributed by atoms with Crippen LogP contribution in [0.3, 0.4) is 0 Å². The molecule has 19 atom stereocenters. The number of rotatable bonds is 10. The minimum absolute atomic E-state index is 0.00303. The van der Waals surface area contributed by atoms with Crippen molar-refractivity contribution in [1.29, 1.82) is 0 Å². The molecule has 0 radical (unpaired) electrons. The second kappa shape index (κ2) is 16.2. The van der Waals surface area contributed by atoms with Crippen molar-refractivity contribution in [3.8, 4) is 0 Å². The zero-order valence-electron chi connectivity index (χ0n) is 34.8. The van der Waals surface area contributed by atoms with Gasteiger partial charge in [0.05, 0.1) is 24.9 Å². The van der Waals surface area contributed by atoms with E-state index in [0.29, 0.717) is 12.8 Å². The first kappa shape index (κ1) is 44.1. The summed E-state index contributed by atoms with van der Waals surface area (Å²) in [5, 5.41) is 76.3. The van der Waals surface area contributed by atoms with E-state index in [4.69, 9.17) is 23.7 Å². The third kappa shape index (κ3) is 7.48. The van der Waals surface area contributed by atoms with Crippen LogP contribution in [-0.2, 0) is 28.5 Å². The molecule has 13 heteroatoms. The van der Waals surface area contributed by atoms with Gasteiger partial charge in [0.2, 0.25) is 0 Å². The lowest BCUT2D eigenvalue weighted by Crippen LogP contribution is -2.63. The minimum atomic E-state index is -1.57. The third-order valence-corrected chi connectivity index (χ3v) is 15.7. The second-order valence-corrected chi connectivity index (χ2v) is 19.7. The molecule has 6 aliphatic rings. The molecule has 0 aromatic heterocycles. The van der Waals surface area contributed by atoms with Gasteiger partial charge in [0, 0.05) is 18.3 Å². The Kier molecular flexibility index (Phi) is 12.7. The predicted molar refractivity (Wildman–Crippen MR) is 204 cm³/mol. The molecule has 6 rings (SSSR count). The summed E-state index contributed by atoms with van der Waals surface area (Å²) in [6.45, 7) is 18.5. The molecule has 0 aromatic carbocycles. The third-order valence-electron chi connectivity index (χ3n) is 15.7. The van der Waals surface area contributed by atoms with Gasteiger partial charge < -0.3 is 59.4 Å². The maximum Gasteiger partial charge on any atom is 0.302 e. The van der Waals surface area contributed by atoms with Crippen molar-refractivity contribution in [2.75, 3.05) is 13.2 Å². The van der Waals surface area contributed by atoms with Crippen molar-refractivity contribution in [2.45, 2.75) is 181 Å². The summed E-state index contributed by atoms with van der Waals surface area (Å²) in [5.74, 6) is -0.359. The highest BCUT2D eigenvalue weighted by molar-refractivity contribution is 5.65. The van der Waals surface area contributed by atoms with Gasteiger partial charge in [0.15, 0.2) is 12.6 Å². The van der Waals surface area contributed by atoms with E-state index in [1.807, 2.05) is 6.08 Å². The largest absolute Gasteiger partial charge is 0.463 e. The number of carbonyl (C=O) groups excluding carboxylic acids is 1. The van der Waals surface area contributed by atoms with E-state index in [2.05, 4.69) is 61.5 Å². The number of ether oxygens (including phenoxy) is 5. The van der Waals surface area contributed by atoms with Gasteiger partial charge in [-0.25, -0.2) is 0 Å². The Labute approximate surface area is 332 Å². The maximum atomic E-state index is 12.5. The molecule has 56 heavy (non-hydrogen) atoms. The minimum Gasteiger partial charge on any atom is -0.463 e. The molecule has 3 saturated carbocycles. The highest BCUT2D eigenvalue weighted by Gasteiger charge is 2.72. The molecule has 5 fully saturated rings. The Morgan fingerprint density at radius 2 is 1.55 bits per heavy atom. The Morgan fingerprint density at radius 1 is 0.875 bits per heavy atom. The maximum absolute atomic E-state index is 12.5. The van der Waals surface area contributed by atoms with E-state index in [-0.39, 0.29) is 53.8 Å². The summed E-state index contributed by atoms with van der Waals surface area (Å²) in [5.41, 5.74) is 0.840. The Bertz CT molecular complexity index is 1480. The van der Waals surface area contributed by atoms with E-state index in [1.165, 1.54) is 12.5 Å². The number of carbonyl (C=O) groups is 1. The summed E-state index contributed by atoms with van der Waals surface area (Å²) in [6, 6.07) is 0. The fourth-order valence-corrected chi connectivity index (χ4v) is 12.6. The number of hydrogen-bond acceptors (Lipinski definition) is 13. The molecule has 7 N–H and O–H groups in total. The van der Waals surface area contributed by atoms with Crippen LogP contribution in [0.25, 0.3) is 0 Å². The summed E-state index contributed by atoms with van der Waals surface area (Å²) in [4.78, 5) is 11.6. The predicted octanol–water partition coefficient (Wildman–Crippen LogP) is 3.13. The number of allylic oxidation sites excluding steroid dienone is 2. The molecule has 0 bridgehead atoms. The SMILES string of the molecule is CC(=O)OC[C@@H]1O[C@@H](O[C@@H]2C[C@]3(C)[C@H]4[C@@H](O)C=C5[C@H](CC[C@@H](O[C@@H]6OC[C@@H](O)[C@H](O)C6O)C5(C)C)[C@@]4(C)CC[C@@]3(C)[C@@H]2C(C)CCC=C(C)C)[C@@H](O)[C@@H](O)[C@@H]1O. The van der Waals surface area contributed by atoms with Gasteiger partial charge in [0.1, 0.15) is 49.3 Å². The number of hydrogen-bond donors (Lipinski definition) is 7. The van der Waals surface area contributed by atoms with Crippen molar-refractivity contribution in [3.05, 3.63) is 23.3 Å². The molecule has 2 aliphatic heterocycles. The van der Waals surface area contributed by atoms with Crippen molar-refractivity contribution in [1.82, 2.24) is 0 Å². The normalized spacial score (nSPS) is 49.1. The van der Waals surface area contributed by atoms with Gasteiger partial charge >= 0.3 is 5.97 Å². The number of aliphatic hydroxyl groups excluding tert-OH is 7. The fraction of sp³-hybridized carbons (Fsp3) is 0.884. The van der Waals surface area contributed by atoms with Gasteiger partial charge in [-0.15, -0.1) is 0 Å². The highest BCUT2D eigenvalue weighted by Crippen LogP contribution is 2.75. The van der Waals surface area contributed by atoms with E-state index < -0.39 is 84.3 Å². The first-order valence-corrected chi connectivity index (χ1v) is 20.9. The van der Waals surface area contributed by atoms with Crippen molar-refractivity contribution >= 4 is 5.97 Å². The van der Waals surface area contributed by atoms with E-state index >= 15 is 0 Å². The van der Waals surface area contributed by atoms with E-state index in [0.717, 1.165) is 37.7 Å². The van der Waals surface area contributed by atoms with E-state index in [9.17, 15) is 40.5 Å². The van der Waals surface area contributed by atoms with Gasteiger partial charge in [0.25, 0.3) is 0 Å². The topological polar surface area (TPSA) is 205 Å². The average molecular weight is 795 g/mol. The summed E-state index contributed by atoms with van der Waals surface area (Å²) in [6.07, 6.45) is -3.63. The number of aliphatic hydroxyl groups is 7. The van der Waals surface area contributed by atoms with Crippen LogP contribution in [0.1, 0.15) is 107 Å². The quantitative estimate of drug-likeness (QED) is 0.126. The summed E-state index contributed by atoms with van der Waals surface area (Å²) >= 11 is 0. The molecule has 4 aliphatic carbocycles. The Hall–Kier alpha value is -1.49. The summed E-state index contributed by atoms with van der Waals surface area (Å²) in [7, 11) is 0. The Morgan fingerprint density at radius 3 is 2.21 bits per heavy atom. The molecule has 320 valence electrons. The monoisotopic (exact) mass is 794 g/mol. The average Bonchev–Trinajstić information content (AvgIpc) is 3.34. The van der Waals surface area contributed by atoms with Crippen LogP contribution >= 0.6 is 0 Å². The second-order valence-electron chi connectivity index (χ2n) is 19.7. The van der Waals surface area contributed by atoms with Gasteiger partial charge in [-0.05, 0) is 92.8 Å². The van der Waals surface area contributed by atoms with Crippen LogP contribution < -0.4 is 0 Å². The van der Waals surface area contributed by atoms with Crippen molar-refractivity contribution in [3.63, 3.8) is 0 Å². The summed E-state index contributed by atoms with van der Waals surface area (Å²) < 4.78 is 30.1. The highest BCUT2D eigenvalue weighted by atomic mass is 16.7. The lowest BCUT2D eigenvalue weighted by Gasteiger charge is -2.67. The van der Waals surface area contributed by atoms with Crippen LogP contribution in [0.4, 0.5) is 0 Å². The lowest BCUT2D eigenvalue weighted by atomic mass is 9.38. The fourth-order valence-electron chi connectivity index (χ4n) is 12.6. The lowest BCUT2D eigenvalue weighted by molar-refractivity contribution is -0.316. The smallest absolute Gasteiger partial charge is 0.302 e. The molecule has 0 spiro atoms. The molecule has 0 aromatic rings. The Balaban J connectivity index is 1.31. The van der Waals surface area contributed by atoms with Gasteiger partial charge in [-0.3, -0.25) is 4.79 Å². The molecular formula is C43H70O13. The number of fused-ring (bicyclic) bond motifs is 5. The molecule has 2 heterocycles.